The molecule has 27 heavy (non-hydrogen) atoms. The number of aliphatic imine (C=N–C) groups is 1. The second-order valence-electron chi connectivity index (χ2n) is 6.89. The third-order valence-corrected chi connectivity index (χ3v) is 5.77. The number of nitrogens with zero attached hydrogens (tertiary/aromatic N) is 2. The highest BCUT2D eigenvalue weighted by molar-refractivity contribution is 8.13. The first-order chi connectivity index (χ1) is 12.9. The van der Waals surface area contributed by atoms with Crippen LogP contribution in [0.1, 0.15) is 42.6 Å². The molecule has 0 radical (unpaired) electrons. The molecule has 1 amide bonds. The molecule has 0 spiro atoms. The fraction of sp³-hybridized carbons (Fsp3) is 0.450. The number of carbonyl (C=O) groups is 2. The van der Waals surface area contributed by atoms with Crippen LogP contribution in [0.25, 0.3) is 0 Å². The van der Waals surface area contributed by atoms with Crippen molar-refractivity contribution in [2.24, 2.45) is 16.6 Å². The van der Waals surface area contributed by atoms with Gasteiger partial charge in [-0.3, -0.25) is 14.6 Å². The molecule has 0 saturated carbocycles. The van der Waals surface area contributed by atoms with Gasteiger partial charge in [-0.2, -0.15) is 0 Å². The largest absolute Gasteiger partial charge is 0.466 e. The van der Waals surface area contributed by atoms with Crippen LogP contribution in [0.2, 0.25) is 0 Å². The maximum absolute atomic E-state index is 12.7. The first-order valence-electron chi connectivity index (χ1n) is 9.17. The van der Waals surface area contributed by atoms with Gasteiger partial charge in [-0.15, -0.1) is 0 Å². The van der Waals surface area contributed by atoms with Crippen molar-refractivity contribution in [3.05, 3.63) is 47.7 Å². The fourth-order valence-electron chi connectivity index (χ4n) is 3.30. The molecule has 3 rings (SSSR count). The Kier molecular flexibility index (Phi) is 5.89. The number of carbonyl (C=O) groups excluding carboxylic acids is 2. The zero-order valence-corrected chi connectivity index (χ0v) is 16.5. The Balaban J connectivity index is 1.69. The molecule has 2 atom stereocenters. The van der Waals surface area contributed by atoms with E-state index < -0.39 is 0 Å². The number of amidine groups is 1. The number of hydrogen-bond donors (Lipinski definition) is 1. The summed E-state index contributed by atoms with van der Waals surface area (Å²) in [5.41, 5.74) is 7.22. The zero-order chi connectivity index (χ0) is 19.4. The van der Waals surface area contributed by atoms with Gasteiger partial charge in [0.1, 0.15) is 0 Å². The number of rotatable bonds is 4. The Bertz CT molecular complexity index is 775. The van der Waals surface area contributed by atoms with Crippen LogP contribution in [-0.2, 0) is 15.1 Å². The highest BCUT2D eigenvalue weighted by Crippen LogP contribution is 2.35. The van der Waals surface area contributed by atoms with Crippen LogP contribution in [0.5, 0.6) is 0 Å². The molecule has 2 aliphatic heterocycles. The third-order valence-electron chi connectivity index (χ3n) is 4.98. The smallest absolute Gasteiger partial charge is 0.312 e. The van der Waals surface area contributed by atoms with E-state index in [0.29, 0.717) is 30.3 Å². The average Bonchev–Trinajstić information content (AvgIpc) is 2.68. The normalized spacial score (nSPS) is 25.0. The van der Waals surface area contributed by atoms with E-state index in [1.807, 2.05) is 24.3 Å². The Labute approximate surface area is 163 Å². The number of ether oxygens (including phenoxy) is 1. The minimum atomic E-state index is -0.338. The summed E-state index contributed by atoms with van der Waals surface area (Å²) in [7, 11) is 0. The molecule has 144 valence electrons. The molecule has 7 heteroatoms. The summed E-state index contributed by atoms with van der Waals surface area (Å²) < 4.78 is 5.03. The maximum Gasteiger partial charge on any atom is 0.312 e. The first-order valence-corrected chi connectivity index (χ1v) is 10.2. The maximum atomic E-state index is 12.7. The number of esters is 1. The van der Waals surface area contributed by atoms with Crippen LogP contribution in [0.15, 0.2) is 41.5 Å². The molecular weight excluding hydrogens is 362 g/mol. The molecule has 2 heterocycles. The molecule has 0 fully saturated rings. The quantitative estimate of drug-likeness (QED) is 0.803. The Morgan fingerprint density at radius 1 is 1.37 bits per heavy atom. The van der Waals surface area contributed by atoms with Crippen molar-refractivity contribution in [2.45, 2.75) is 32.2 Å². The van der Waals surface area contributed by atoms with E-state index in [-0.39, 0.29) is 23.3 Å². The second kappa shape index (κ2) is 8.17. The van der Waals surface area contributed by atoms with Crippen molar-refractivity contribution < 1.29 is 14.3 Å². The summed E-state index contributed by atoms with van der Waals surface area (Å²) in [4.78, 5) is 30.8. The number of thioether (sulfide) groups is 1. The lowest BCUT2D eigenvalue weighted by molar-refractivity contribution is -0.146. The van der Waals surface area contributed by atoms with Crippen molar-refractivity contribution in [3.8, 4) is 0 Å². The molecule has 0 aromatic heterocycles. The van der Waals surface area contributed by atoms with Gasteiger partial charge in [-0.05, 0) is 44.4 Å². The SMILES string of the molecule is CCOC(=O)C1C=CN(C(=O)c2ccc(C3(C)CCSC(N)=N3)cc2)CC1. The molecule has 2 unspecified atom stereocenters. The summed E-state index contributed by atoms with van der Waals surface area (Å²) in [5, 5.41) is 0.610. The van der Waals surface area contributed by atoms with Gasteiger partial charge < -0.3 is 15.4 Å². The number of benzene rings is 1. The lowest BCUT2D eigenvalue weighted by Gasteiger charge is -2.30. The summed E-state index contributed by atoms with van der Waals surface area (Å²) in [5.74, 6) is 0.354. The molecular formula is C20H25N3O3S. The van der Waals surface area contributed by atoms with Gasteiger partial charge in [0, 0.05) is 24.1 Å². The minimum absolute atomic E-state index is 0.0764. The van der Waals surface area contributed by atoms with E-state index in [1.54, 1.807) is 35.9 Å². The van der Waals surface area contributed by atoms with Crippen molar-refractivity contribution in [3.63, 3.8) is 0 Å². The molecule has 1 aromatic carbocycles. The Hall–Kier alpha value is -2.28. The summed E-state index contributed by atoms with van der Waals surface area (Å²) in [6.07, 6.45) is 4.91. The molecule has 1 aromatic rings. The van der Waals surface area contributed by atoms with E-state index >= 15 is 0 Å². The van der Waals surface area contributed by atoms with Gasteiger partial charge >= 0.3 is 5.97 Å². The Morgan fingerprint density at radius 2 is 2.11 bits per heavy atom. The monoisotopic (exact) mass is 387 g/mol. The van der Waals surface area contributed by atoms with Crippen LogP contribution in [0.4, 0.5) is 0 Å². The van der Waals surface area contributed by atoms with Crippen molar-refractivity contribution in [1.29, 1.82) is 0 Å². The van der Waals surface area contributed by atoms with E-state index in [4.69, 9.17) is 10.5 Å². The van der Waals surface area contributed by atoms with E-state index in [9.17, 15) is 9.59 Å². The molecule has 6 nitrogen and oxygen atoms in total. The molecule has 0 bridgehead atoms. The summed E-state index contributed by atoms with van der Waals surface area (Å²) >= 11 is 1.57. The van der Waals surface area contributed by atoms with E-state index in [0.717, 1.165) is 17.7 Å². The lowest BCUT2D eigenvalue weighted by atomic mass is 9.89. The van der Waals surface area contributed by atoms with Crippen LogP contribution in [-0.4, -0.2) is 40.8 Å². The third kappa shape index (κ3) is 4.35. The molecule has 2 N–H and O–H groups in total. The van der Waals surface area contributed by atoms with Gasteiger partial charge in [0.25, 0.3) is 5.91 Å². The number of hydrogen-bond acceptors (Lipinski definition) is 6. The van der Waals surface area contributed by atoms with Crippen LogP contribution < -0.4 is 5.73 Å². The Morgan fingerprint density at radius 3 is 2.70 bits per heavy atom. The molecule has 2 aliphatic rings. The van der Waals surface area contributed by atoms with Gasteiger partial charge in [0.2, 0.25) is 0 Å². The molecule has 0 aliphatic carbocycles. The number of amides is 1. The summed E-state index contributed by atoms with van der Waals surface area (Å²) in [6, 6.07) is 7.58. The second-order valence-corrected chi connectivity index (χ2v) is 8.00. The molecule has 0 saturated heterocycles. The van der Waals surface area contributed by atoms with Gasteiger partial charge in [0.05, 0.1) is 18.1 Å². The predicted molar refractivity (Wildman–Crippen MR) is 107 cm³/mol. The van der Waals surface area contributed by atoms with E-state index in [1.165, 1.54) is 0 Å². The predicted octanol–water partition coefficient (Wildman–Crippen LogP) is 2.89. The van der Waals surface area contributed by atoms with Crippen LogP contribution in [0, 0.1) is 5.92 Å². The van der Waals surface area contributed by atoms with Gasteiger partial charge in [-0.25, -0.2) is 0 Å². The van der Waals surface area contributed by atoms with Gasteiger partial charge in [-0.1, -0.05) is 30.0 Å². The van der Waals surface area contributed by atoms with Crippen LogP contribution >= 0.6 is 11.8 Å². The van der Waals surface area contributed by atoms with Crippen LogP contribution in [0.3, 0.4) is 0 Å². The highest BCUT2D eigenvalue weighted by Gasteiger charge is 2.30. The van der Waals surface area contributed by atoms with Crippen molar-refractivity contribution >= 4 is 28.8 Å². The lowest BCUT2D eigenvalue weighted by Crippen LogP contribution is -2.33. The summed E-state index contributed by atoms with van der Waals surface area (Å²) in [6.45, 7) is 4.72. The fourth-order valence-corrected chi connectivity index (χ4v) is 4.28. The first kappa shape index (κ1) is 19.5. The minimum Gasteiger partial charge on any atom is -0.466 e. The average molecular weight is 388 g/mol. The van der Waals surface area contributed by atoms with Crippen molar-refractivity contribution in [1.82, 2.24) is 4.90 Å². The van der Waals surface area contributed by atoms with Crippen molar-refractivity contribution in [2.75, 3.05) is 18.9 Å². The number of nitrogens with two attached hydrogens (primary N) is 1. The van der Waals surface area contributed by atoms with E-state index in [2.05, 4.69) is 11.9 Å². The highest BCUT2D eigenvalue weighted by atomic mass is 32.2. The topological polar surface area (TPSA) is 85.0 Å². The zero-order valence-electron chi connectivity index (χ0n) is 15.7. The standard InChI is InChI=1S/C20H25N3O3S/c1-3-26-18(25)15-8-11-23(12-9-15)17(24)14-4-6-16(7-5-14)20(2)10-13-27-19(21)22-20/h4-8,11,15H,3,9-10,12-13H2,1-2H3,(H2,21,22). The van der Waals surface area contributed by atoms with Gasteiger partial charge in [0.15, 0.2) is 5.17 Å².